The van der Waals surface area contributed by atoms with Gasteiger partial charge in [-0.05, 0) is 32.1 Å². The van der Waals surface area contributed by atoms with Gasteiger partial charge in [0.05, 0.1) is 17.1 Å². The third-order valence-corrected chi connectivity index (χ3v) is 3.87. The van der Waals surface area contributed by atoms with Gasteiger partial charge in [-0.1, -0.05) is 13.3 Å². The summed E-state index contributed by atoms with van der Waals surface area (Å²) in [5.41, 5.74) is 10.6. The Labute approximate surface area is 113 Å². The van der Waals surface area contributed by atoms with E-state index in [-0.39, 0.29) is 0 Å². The summed E-state index contributed by atoms with van der Waals surface area (Å²) in [5, 5.41) is 4.55. The van der Waals surface area contributed by atoms with Crippen LogP contribution in [0.4, 0.5) is 5.69 Å². The van der Waals surface area contributed by atoms with Gasteiger partial charge in [-0.2, -0.15) is 5.10 Å². The number of imidazole rings is 1. The van der Waals surface area contributed by atoms with Crippen LogP contribution in [0.2, 0.25) is 0 Å². The van der Waals surface area contributed by atoms with Crippen molar-refractivity contribution in [3.63, 3.8) is 0 Å². The molecule has 3 rings (SSSR count). The van der Waals surface area contributed by atoms with Gasteiger partial charge >= 0.3 is 0 Å². The van der Waals surface area contributed by atoms with Gasteiger partial charge in [0.2, 0.25) is 0 Å². The first kappa shape index (κ1) is 12.3. The normalized spacial score (nSPS) is 14.6. The quantitative estimate of drug-likeness (QED) is 0.917. The lowest BCUT2D eigenvalue weighted by Gasteiger charge is -2.14. The van der Waals surface area contributed by atoms with Crippen molar-refractivity contribution in [2.75, 3.05) is 5.73 Å². The Morgan fingerprint density at radius 2 is 2.11 bits per heavy atom. The largest absolute Gasteiger partial charge is 0.394 e. The third-order valence-electron chi connectivity index (χ3n) is 3.87. The highest BCUT2D eigenvalue weighted by Gasteiger charge is 2.21. The Hall–Kier alpha value is -1.78. The van der Waals surface area contributed by atoms with E-state index in [4.69, 9.17) is 5.73 Å². The number of nitrogens with two attached hydrogens (primary N) is 1. The zero-order chi connectivity index (χ0) is 13.4. The molecule has 19 heavy (non-hydrogen) atoms. The molecular weight excluding hydrogens is 238 g/mol. The van der Waals surface area contributed by atoms with E-state index in [2.05, 4.69) is 21.6 Å². The topological polar surface area (TPSA) is 61.7 Å². The minimum absolute atomic E-state index is 0.801. The summed E-state index contributed by atoms with van der Waals surface area (Å²) in [6, 6.07) is 0. The van der Waals surface area contributed by atoms with E-state index in [0.29, 0.717) is 0 Å². The molecule has 0 aliphatic heterocycles. The van der Waals surface area contributed by atoms with Gasteiger partial charge in [0.25, 0.3) is 0 Å². The predicted molar refractivity (Wildman–Crippen MR) is 75.4 cm³/mol. The maximum Gasteiger partial charge on any atom is 0.160 e. The average molecular weight is 259 g/mol. The number of rotatable bonds is 3. The number of fused-ring (bicyclic) bond motifs is 1. The van der Waals surface area contributed by atoms with Crippen molar-refractivity contribution in [2.24, 2.45) is 7.05 Å². The number of aromatic nitrogens is 4. The van der Waals surface area contributed by atoms with Crippen LogP contribution in [0, 0.1) is 0 Å². The molecule has 0 spiro atoms. The van der Waals surface area contributed by atoms with Crippen molar-refractivity contribution in [3.05, 3.63) is 23.4 Å². The summed E-state index contributed by atoms with van der Waals surface area (Å²) in [6.07, 6.45) is 8.54. The SMILES string of the molecule is CCCc1nn(C)c(-n2cnc3c2CCCC3)c1N. The fourth-order valence-electron chi connectivity index (χ4n) is 2.94. The van der Waals surface area contributed by atoms with E-state index in [9.17, 15) is 0 Å². The van der Waals surface area contributed by atoms with Crippen molar-refractivity contribution < 1.29 is 0 Å². The molecule has 2 heterocycles. The zero-order valence-corrected chi connectivity index (χ0v) is 11.7. The Morgan fingerprint density at radius 1 is 1.32 bits per heavy atom. The summed E-state index contributed by atoms with van der Waals surface area (Å²) in [7, 11) is 1.96. The fourth-order valence-corrected chi connectivity index (χ4v) is 2.94. The molecule has 2 aromatic rings. The molecule has 0 unspecified atom stereocenters. The van der Waals surface area contributed by atoms with Gasteiger partial charge in [-0.25, -0.2) is 9.67 Å². The molecule has 2 aromatic heterocycles. The third kappa shape index (κ3) is 1.93. The lowest BCUT2D eigenvalue weighted by atomic mass is 10.0. The Morgan fingerprint density at radius 3 is 2.89 bits per heavy atom. The smallest absolute Gasteiger partial charge is 0.160 e. The summed E-state index contributed by atoms with van der Waals surface area (Å²) < 4.78 is 4.02. The first-order chi connectivity index (χ1) is 9.22. The van der Waals surface area contributed by atoms with Crippen molar-refractivity contribution in [2.45, 2.75) is 45.4 Å². The van der Waals surface area contributed by atoms with Gasteiger partial charge in [0.15, 0.2) is 5.82 Å². The van der Waals surface area contributed by atoms with Gasteiger partial charge in [0, 0.05) is 12.7 Å². The molecule has 0 atom stereocenters. The van der Waals surface area contributed by atoms with Crippen LogP contribution in [0.15, 0.2) is 6.33 Å². The van der Waals surface area contributed by atoms with Crippen LogP contribution in [0.1, 0.15) is 43.3 Å². The minimum atomic E-state index is 0.801. The van der Waals surface area contributed by atoms with E-state index in [0.717, 1.165) is 42.9 Å². The molecule has 0 amide bonds. The lowest BCUT2D eigenvalue weighted by Crippen LogP contribution is -2.11. The molecule has 5 heteroatoms. The number of anilines is 1. The maximum absolute atomic E-state index is 6.28. The molecule has 0 aromatic carbocycles. The number of hydrogen-bond acceptors (Lipinski definition) is 3. The van der Waals surface area contributed by atoms with Gasteiger partial charge < -0.3 is 5.73 Å². The molecule has 5 nitrogen and oxygen atoms in total. The van der Waals surface area contributed by atoms with Crippen LogP contribution in [0.3, 0.4) is 0 Å². The van der Waals surface area contributed by atoms with Crippen LogP contribution in [-0.4, -0.2) is 19.3 Å². The van der Waals surface area contributed by atoms with E-state index in [1.54, 1.807) is 0 Å². The molecule has 1 aliphatic rings. The highest BCUT2D eigenvalue weighted by Crippen LogP contribution is 2.27. The molecule has 0 bridgehead atoms. The molecule has 2 N–H and O–H groups in total. The first-order valence-corrected chi connectivity index (χ1v) is 7.09. The van der Waals surface area contributed by atoms with E-state index < -0.39 is 0 Å². The molecule has 0 saturated heterocycles. The lowest BCUT2D eigenvalue weighted by molar-refractivity contribution is 0.642. The van der Waals surface area contributed by atoms with E-state index >= 15 is 0 Å². The molecule has 0 fully saturated rings. The van der Waals surface area contributed by atoms with Crippen LogP contribution in [0.25, 0.3) is 5.82 Å². The van der Waals surface area contributed by atoms with Gasteiger partial charge in [-0.3, -0.25) is 4.57 Å². The Balaban J connectivity index is 2.09. The number of aryl methyl sites for hydroxylation is 3. The van der Waals surface area contributed by atoms with E-state index in [1.165, 1.54) is 24.2 Å². The predicted octanol–water partition coefficient (Wildman–Crippen LogP) is 2.02. The average Bonchev–Trinajstić information content (AvgIpc) is 2.93. The second-order valence-corrected chi connectivity index (χ2v) is 5.27. The monoisotopic (exact) mass is 259 g/mol. The zero-order valence-electron chi connectivity index (χ0n) is 11.7. The Kier molecular flexibility index (Phi) is 3.05. The summed E-state index contributed by atoms with van der Waals surface area (Å²) >= 11 is 0. The molecule has 0 saturated carbocycles. The number of hydrogen-bond donors (Lipinski definition) is 1. The molecule has 0 radical (unpaired) electrons. The second-order valence-electron chi connectivity index (χ2n) is 5.27. The van der Waals surface area contributed by atoms with Crippen molar-refractivity contribution >= 4 is 5.69 Å². The van der Waals surface area contributed by atoms with Crippen LogP contribution < -0.4 is 5.73 Å². The minimum Gasteiger partial charge on any atom is -0.394 e. The first-order valence-electron chi connectivity index (χ1n) is 7.09. The van der Waals surface area contributed by atoms with Crippen molar-refractivity contribution in [1.82, 2.24) is 19.3 Å². The summed E-state index contributed by atoms with van der Waals surface area (Å²) in [4.78, 5) is 4.54. The van der Waals surface area contributed by atoms with Gasteiger partial charge in [0.1, 0.15) is 6.33 Å². The van der Waals surface area contributed by atoms with Crippen molar-refractivity contribution in [3.8, 4) is 5.82 Å². The number of nitrogen functional groups attached to an aromatic ring is 1. The van der Waals surface area contributed by atoms with Crippen LogP contribution in [-0.2, 0) is 26.3 Å². The summed E-state index contributed by atoms with van der Waals surface area (Å²) in [6.45, 7) is 2.15. The fraction of sp³-hybridized carbons (Fsp3) is 0.571. The molecule has 102 valence electrons. The molecular formula is C14H21N5. The highest BCUT2D eigenvalue weighted by atomic mass is 15.3. The standard InChI is InChI=1S/C14H21N5/c1-3-6-11-13(15)14(18(2)17-11)19-9-16-10-7-4-5-8-12(10)19/h9H,3-8,15H2,1-2H3. The second kappa shape index (κ2) is 4.72. The van der Waals surface area contributed by atoms with Crippen LogP contribution >= 0.6 is 0 Å². The summed E-state index contributed by atoms with van der Waals surface area (Å²) in [5.74, 6) is 0.971. The van der Waals surface area contributed by atoms with E-state index in [1.807, 2.05) is 18.1 Å². The Bertz CT molecular complexity index is 593. The maximum atomic E-state index is 6.28. The highest BCUT2D eigenvalue weighted by molar-refractivity contribution is 5.58. The molecule has 1 aliphatic carbocycles. The van der Waals surface area contributed by atoms with Crippen LogP contribution in [0.5, 0.6) is 0 Å². The van der Waals surface area contributed by atoms with Crippen molar-refractivity contribution in [1.29, 1.82) is 0 Å². The number of nitrogens with zero attached hydrogens (tertiary/aromatic N) is 4. The van der Waals surface area contributed by atoms with Gasteiger partial charge in [-0.15, -0.1) is 0 Å².